The predicted molar refractivity (Wildman–Crippen MR) is 88.9 cm³/mol. The zero-order valence-electron chi connectivity index (χ0n) is 12.5. The second-order valence-corrected chi connectivity index (χ2v) is 5.40. The summed E-state index contributed by atoms with van der Waals surface area (Å²) in [5, 5.41) is 6.05. The number of para-hydroxylation sites is 1. The lowest BCUT2D eigenvalue weighted by atomic mass is 10.1. The molecule has 0 aliphatic rings. The van der Waals surface area contributed by atoms with Gasteiger partial charge in [0.2, 0.25) is 5.91 Å². The highest BCUT2D eigenvalue weighted by molar-refractivity contribution is 6.33. The van der Waals surface area contributed by atoms with E-state index in [-0.39, 0.29) is 10.9 Å². The smallest absolute Gasteiger partial charge is 0.246 e. The van der Waals surface area contributed by atoms with Gasteiger partial charge in [-0.2, -0.15) is 0 Å². The SMILES string of the molecule is CCc1ccccc1N[C@H](C)C(=O)Nc1ccc(F)cc1Cl. The molecular formula is C17H18ClFN2O. The average Bonchev–Trinajstić information content (AvgIpc) is 2.50. The molecule has 3 nitrogen and oxygen atoms in total. The summed E-state index contributed by atoms with van der Waals surface area (Å²) in [6.07, 6.45) is 0.876. The molecule has 2 rings (SSSR count). The largest absolute Gasteiger partial charge is 0.374 e. The van der Waals surface area contributed by atoms with Crippen LogP contribution in [0.5, 0.6) is 0 Å². The summed E-state index contributed by atoms with van der Waals surface area (Å²) in [6.45, 7) is 3.82. The van der Waals surface area contributed by atoms with Gasteiger partial charge < -0.3 is 10.6 Å². The number of carbonyl (C=O) groups excluding carboxylic acids is 1. The number of anilines is 2. The first-order valence-corrected chi connectivity index (χ1v) is 7.49. The third-order valence-corrected chi connectivity index (χ3v) is 3.67. The number of amides is 1. The highest BCUT2D eigenvalue weighted by Gasteiger charge is 2.15. The van der Waals surface area contributed by atoms with E-state index in [0.29, 0.717) is 5.69 Å². The minimum Gasteiger partial charge on any atom is -0.374 e. The number of carbonyl (C=O) groups is 1. The van der Waals surface area contributed by atoms with Crippen LogP contribution in [0.4, 0.5) is 15.8 Å². The molecule has 0 heterocycles. The average molecular weight is 321 g/mol. The maximum absolute atomic E-state index is 13.0. The van der Waals surface area contributed by atoms with Crippen LogP contribution in [0.3, 0.4) is 0 Å². The summed E-state index contributed by atoms with van der Waals surface area (Å²) in [7, 11) is 0. The highest BCUT2D eigenvalue weighted by atomic mass is 35.5. The third kappa shape index (κ3) is 3.98. The second-order valence-electron chi connectivity index (χ2n) is 4.99. The number of hydrogen-bond donors (Lipinski definition) is 2. The number of aryl methyl sites for hydroxylation is 1. The normalized spacial score (nSPS) is 11.8. The Morgan fingerprint density at radius 1 is 1.23 bits per heavy atom. The number of halogens is 2. The molecule has 2 N–H and O–H groups in total. The van der Waals surface area contributed by atoms with Gasteiger partial charge in [0, 0.05) is 5.69 Å². The lowest BCUT2D eigenvalue weighted by molar-refractivity contribution is -0.116. The van der Waals surface area contributed by atoms with Crippen molar-refractivity contribution in [2.24, 2.45) is 0 Å². The first kappa shape index (κ1) is 16.3. The molecule has 22 heavy (non-hydrogen) atoms. The van der Waals surface area contributed by atoms with E-state index in [9.17, 15) is 9.18 Å². The van der Waals surface area contributed by atoms with Crippen LogP contribution in [0.1, 0.15) is 19.4 Å². The Labute approximate surface area is 134 Å². The summed E-state index contributed by atoms with van der Waals surface area (Å²) in [6, 6.07) is 11.3. The van der Waals surface area contributed by atoms with E-state index in [1.807, 2.05) is 24.3 Å². The molecule has 0 unspecified atom stereocenters. The lowest BCUT2D eigenvalue weighted by Gasteiger charge is -2.18. The van der Waals surface area contributed by atoms with Gasteiger partial charge in [-0.25, -0.2) is 4.39 Å². The van der Waals surface area contributed by atoms with Crippen molar-refractivity contribution in [2.75, 3.05) is 10.6 Å². The van der Waals surface area contributed by atoms with Gasteiger partial charge in [-0.15, -0.1) is 0 Å². The van der Waals surface area contributed by atoms with Gasteiger partial charge in [0.05, 0.1) is 10.7 Å². The van der Waals surface area contributed by atoms with Gasteiger partial charge >= 0.3 is 0 Å². The van der Waals surface area contributed by atoms with Gasteiger partial charge in [-0.05, 0) is 43.2 Å². The first-order valence-electron chi connectivity index (χ1n) is 7.11. The van der Waals surface area contributed by atoms with Crippen molar-refractivity contribution in [3.8, 4) is 0 Å². The van der Waals surface area contributed by atoms with Gasteiger partial charge in [-0.1, -0.05) is 36.7 Å². The number of benzene rings is 2. The maximum Gasteiger partial charge on any atom is 0.246 e. The van der Waals surface area contributed by atoms with Crippen molar-refractivity contribution in [1.29, 1.82) is 0 Å². The Balaban J connectivity index is 2.06. The zero-order chi connectivity index (χ0) is 16.1. The quantitative estimate of drug-likeness (QED) is 0.852. The first-order chi connectivity index (χ1) is 10.5. The molecule has 0 radical (unpaired) electrons. The van der Waals surface area contributed by atoms with Gasteiger partial charge in [0.25, 0.3) is 0 Å². The van der Waals surface area contributed by atoms with E-state index in [1.165, 1.54) is 18.2 Å². The lowest BCUT2D eigenvalue weighted by Crippen LogP contribution is -2.32. The third-order valence-electron chi connectivity index (χ3n) is 3.35. The molecule has 0 aromatic heterocycles. The molecule has 1 amide bonds. The Kier molecular flexibility index (Phi) is 5.39. The molecule has 2 aromatic rings. The molecule has 116 valence electrons. The van der Waals surface area contributed by atoms with E-state index in [1.54, 1.807) is 6.92 Å². The summed E-state index contributed by atoms with van der Waals surface area (Å²) in [5.74, 6) is -0.676. The maximum atomic E-state index is 13.0. The van der Waals surface area contributed by atoms with Crippen LogP contribution in [-0.4, -0.2) is 11.9 Å². The predicted octanol–water partition coefficient (Wildman–Crippen LogP) is 4.48. The van der Waals surface area contributed by atoms with Crippen molar-refractivity contribution in [1.82, 2.24) is 0 Å². The fourth-order valence-electron chi connectivity index (χ4n) is 2.10. The van der Waals surface area contributed by atoms with Crippen LogP contribution in [-0.2, 0) is 11.2 Å². The number of rotatable bonds is 5. The van der Waals surface area contributed by atoms with Crippen molar-refractivity contribution in [3.63, 3.8) is 0 Å². The van der Waals surface area contributed by atoms with E-state index >= 15 is 0 Å². The molecule has 0 bridgehead atoms. The van der Waals surface area contributed by atoms with Crippen LogP contribution in [0.15, 0.2) is 42.5 Å². The van der Waals surface area contributed by atoms with Gasteiger partial charge in [0.15, 0.2) is 0 Å². The van der Waals surface area contributed by atoms with Crippen molar-refractivity contribution in [3.05, 3.63) is 58.9 Å². The second kappa shape index (κ2) is 7.27. The van der Waals surface area contributed by atoms with Crippen LogP contribution in [0.2, 0.25) is 5.02 Å². The van der Waals surface area contributed by atoms with Crippen LogP contribution < -0.4 is 10.6 Å². The van der Waals surface area contributed by atoms with Crippen LogP contribution in [0.25, 0.3) is 0 Å². The highest BCUT2D eigenvalue weighted by Crippen LogP contribution is 2.23. The molecule has 0 spiro atoms. The summed E-state index contributed by atoms with van der Waals surface area (Å²) < 4.78 is 13.0. The van der Waals surface area contributed by atoms with E-state index in [2.05, 4.69) is 17.6 Å². The fourth-order valence-corrected chi connectivity index (χ4v) is 2.31. The molecule has 0 aliphatic carbocycles. The van der Waals surface area contributed by atoms with Crippen molar-refractivity contribution in [2.45, 2.75) is 26.3 Å². The number of nitrogens with one attached hydrogen (secondary N) is 2. The topological polar surface area (TPSA) is 41.1 Å². The van der Waals surface area contributed by atoms with Crippen LogP contribution in [0, 0.1) is 5.82 Å². The summed E-state index contributed by atoms with van der Waals surface area (Å²) in [4.78, 5) is 12.2. The molecule has 0 saturated heterocycles. The molecule has 2 aromatic carbocycles. The number of hydrogen-bond acceptors (Lipinski definition) is 2. The van der Waals surface area contributed by atoms with Crippen molar-refractivity contribution < 1.29 is 9.18 Å². The Bertz CT molecular complexity index is 675. The molecule has 0 fully saturated rings. The van der Waals surface area contributed by atoms with Gasteiger partial charge in [0.1, 0.15) is 11.9 Å². The van der Waals surface area contributed by atoms with Crippen molar-refractivity contribution >= 4 is 28.9 Å². The van der Waals surface area contributed by atoms with E-state index in [4.69, 9.17) is 11.6 Å². The Morgan fingerprint density at radius 3 is 2.64 bits per heavy atom. The van der Waals surface area contributed by atoms with Gasteiger partial charge in [-0.3, -0.25) is 4.79 Å². The monoisotopic (exact) mass is 320 g/mol. The van der Waals surface area contributed by atoms with E-state index < -0.39 is 11.9 Å². The minimum absolute atomic E-state index is 0.175. The Morgan fingerprint density at radius 2 is 1.95 bits per heavy atom. The molecule has 1 atom stereocenters. The molecule has 5 heteroatoms. The Hall–Kier alpha value is -2.07. The summed E-state index contributed by atoms with van der Waals surface area (Å²) in [5.41, 5.74) is 2.46. The standard InChI is InChI=1S/C17H18ClFN2O/c1-3-12-6-4-5-7-15(12)20-11(2)17(22)21-16-9-8-13(19)10-14(16)18/h4-11,20H,3H2,1-2H3,(H,21,22)/t11-/m1/s1. The molecular weight excluding hydrogens is 303 g/mol. The fraction of sp³-hybridized carbons (Fsp3) is 0.235. The zero-order valence-corrected chi connectivity index (χ0v) is 13.2. The molecule has 0 aliphatic heterocycles. The van der Waals surface area contributed by atoms with Crippen LogP contribution >= 0.6 is 11.6 Å². The van der Waals surface area contributed by atoms with E-state index in [0.717, 1.165) is 17.7 Å². The summed E-state index contributed by atoms with van der Waals surface area (Å²) >= 11 is 5.91. The molecule has 0 saturated carbocycles. The minimum atomic E-state index is -0.450.